The molecule has 1 aliphatic heterocycles. The van der Waals surface area contributed by atoms with Crippen molar-refractivity contribution in [2.75, 3.05) is 6.54 Å². The number of hydrogen-bond acceptors (Lipinski definition) is 2. The second-order valence-electron chi connectivity index (χ2n) is 5.15. The average molecular weight is 308 g/mol. The molecule has 3 rings (SSSR count). The molecule has 1 amide bonds. The smallest absolute Gasteiger partial charge is 0.255 e. The van der Waals surface area contributed by atoms with E-state index in [2.05, 4.69) is 5.10 Å². The van der Waals surface area contributed by atoms with E-state index in [1.54, 1.807) is 11.1 Å². The SMILES string of the molecule is O=C(c1ccc(F)cc1Cl)N1CCC[C@H]1Cn1cccn1. The van der Waals surface area contributed by atoms with E-state index in [9.17, 15) is 9.18 Å². The van der Waals surface area contributed by atoms with Crippen LogP contribution in [0.3, 0.4) is 0 Å². The van der Waals surface area contributed by atoms with Crippen LogP contribution in [0.2, 0.25) is 5.02 Å². The first-order valence-corrected chi connectivity index (χ1v) is 7.26. The number of benzene rings is 1. The van der Waals surface area contributed by atoms with E-state index in [1.807, 2.05) is 16.9 Å². The van der Waals surface area contributed by atoms with Crippen LogP contribution in [-0.4, -0.2) is 33.2 Å². The van der Waals surface area contributed by atoms with Crippen molar-refractivity contribution in [1.82, 2.24) is 14.7 Å². The van der Waals surface area contributed by atoms with E-state index in [-0.39, 0.29) is 17.0 Å². The highest BCUT2D eigenvalue weighted by Gasteiger charge is 2.30. The Bertz CT molecular complexity index is 644. The summed E-state index contributed by atoms with van der Waals surface area (Å²) in [5.41, 5.74) is 0.352. The number of rotatable bonds is 3. The fraction of sp³-hybridized carbons (Fsp3) is 0.333. The van der Waals surface area contributed by atoms with Crippen molar-refractivity contribution in [2.24, 2.45) is 0 Å². The molecular weight excluding hydrogens is 293 g/mol. The summed E-state index contributed by atoms with van der Waals surface area (Å²) in [4.78, 5) is 14.4. The Labute approximate surface area is 127 Å². The second kappa shape index (κ2) is 5.85. The summed E-state index contributed by atoms with van der Waals surface area (Å²) in [5.74, 6) is -0.583. The monoisotopic (exact) mass is 307 g/mol. The maximum atomic E-state index is 13.1. The zero-order valence-corrected chi connectivity index (χ0v) is 12.1. The fourth-order valence-electron chi connectivity index (χ4n) is 2.73. The molecule has 1 aromatic heterocycles. The molecule has 1 atom stereocenters. The fourth-order valence-corrected chi connectivity index (χ4v) is 2.98. The number of hydrogen-bond donors (Lipinski definition) is 0. The van der Waals surface area contributed by atoms with E-state index in [0.29, 0.717) is 18.7 Å². The molecular formula is C15H15ClFN3O. The molecule has 6 heteroatoms. The lowest BCUT2D eigenvalue weighted by Crippen LogP contribution is -2.38. The minimum Gasteiger partial charge on any atom is -0.334 e. The third-order valence-electron chi connectivity index (χ3n) is 3.76. The topological polar surface area (TPSA) is 38.1 Å². The van der Waals surface area contributed by atoms with E-state index in [0.717, 1.165) is 12.8 Å². The van der Waals surface area contributed by atoms with Gasteiger partial charge in [-0.2, -0.15) is 5.10 Å². The zero-order chi connectivity index (χ0) is 14.8. The summed E-state index contributed by atoms with van der Waals surface area (Å²) < 4.78 is 14.9. The molecule has 110 valence electrons. The van der Waals surface area contributed by atoms with Gasteiger partial charge in [0, 0.05) is 18.9 Å². The molecule has 1 aliphatic rings. The standard InChI is InChI=1S/C15H15ClFN3O/c16-14-9-11(17)4-5-13(14)15(21)20-8-1-3-12(20)10-19-7-2-6-18-19/h2,4-7,9,12H,1,3,8,10H2/t12-/m0/s1. The number of carbonyl (C=O) groups excluding carboxylic acids is 1. The number of carbonyl (C=O) groups is 1. The Morgan fingerprint density at radius 1 is 1.48 bits per heavy atom. The molecule has 0 N–H and O–H groups in total. The summed E-state index contributed by atoms with van der Waals surface area (Å²) in [7, 11) is 0. The zero-order valence-electron chi connectivity index (χ0n) is 11.4. The largest absolute Gasteiger partial charge is 0.334 e. The Kier molecular flexibility index (Phi) is 3.92. The van der Waals surface area contributed by atoms with Crippen LogP contribution in [0, 0.1) is 5.82 Å². The van der Waals surface area contributed by atoms with Crippen LogP contribution in [0.5, 0.6) is 0 Å². The molecule has 0 radical (unpaired) electrons. The number of nitrogens with zero attached hydrogens (tertiary/aromatic N) is 3. The van der Waals surface area contributed by atoms with Crippen molar-refractivity contribution >= 4 is 17.5 Å². The molecule has 0 unspecified atom stereocenters. The Hall–Kier alpha value is -1.88. The lowest BCUT2D eigenvalue weighted by atomic mass is 10.1. The van der Waals surface area contributed by atoms with Crippen LogP contribution in [0.1, 0.15) is 23.2 Å². The maximum absolute atomic E-state index is 13.1. The summed E-state index contributed by atoms with van der Waals surface area (Å²) in [6.45, 7) is 1.36. The van der Waals surface area contributed by atoms with Crippen LogP contribution in [-0.2, 0) is 6.54 Å². The molecule has 0 bridgehead atoms. The van der Waals surface area contributed by atoms with Gasteiger partial charge in [-0.05, 0) is 37.1 Å². The third kappa shape index (κ3) is 2.93. The molecule has 0 spiro atoms. The summed E-state index contributed by atoms with van der Waals surface area (Å²) in [6.07, 6.45) is 5.49. The summed E-state index contributed by atoms with van der Waals surface area (Å²) in [5, 5.41) is 4.34. The van der Waals surface area contributed by atoms with Crippen molar-refractivity contribution in [1.29, 1.82) is 0 Å². The molecule has 1 fully saturated rings. The minimum absolute atomic E-state index is 0.0959. The first kappa shape index (κ1) is 14.1. The number of aromatic nitrogens is 2. The van der Waals surface area contributed by atoms with Crippen LogP contribution >= 0.6 is 11.6 Å². The van der Waals surface area contributed by atoms with Gasteiger partial charge in [-0.15, -0.1) is 0 Å². The number of likely N-dealkylation sites (tertiary alicyclic amines) is 1. The second-order valence-corrected chi connectivity index (χ2v) is 5.55. The van der Waals surface area contributed by atoms with Crippen molar-refractivity contribution in [3.8, 4) is 0 Å². The highest BCUT2D eigenvalue weighted by atomic mass is 35.5. The quantitative estimate of drug-likeness (QED) is 0.874. The lowest BCUT2D eigenvalue weighted by molar-refractivity contribution is 0.0722. The molecule has 21 heavy (non-hydrogen) atoms. The van der Waals surface area contributed by atoms with Crippen LogP contribution in [0.4, 0.5) is 4.39 Å². The van der Waals surface area contributed by atoms with E-state index >= 15 is 0 Å². The third-order valence-corrected chi connectivity index (χ3v) is 4.07. The first-order valence-electron chi connectivity index (χ1n) is 6.88. The molecule has 1 aromatic carbocycles. The summed E-state index contributed by atoms with van der Waals surface area (Å²) in [6, 6.07) is 5.84. The molecule has 0 saturated carbocycles. The normalized spacial score (nSPS) is 18.2. The van der Waals surface area contributed by atoms with Gasteiger partial charge in [-0.3, -0.25) is 9.48 Å². The molecule has 0 aliphatic carbocycles. The lowest BCUT2D eigenvalue weighted by Gasteiger charge is -2.25. The van der Waals surface area contributed by atoms with Crippen molar-refractivity contribution in [3.05, 3.63) is 53.1 Å². The van der Waals surface area contributed by atoms with Crippen LogP contribution in [0.25, 0.3) is 0 Å². The molecule has 2 heterocycles. The van der Waals surface area contributed by atoms with Crippen molar-refractivity contribution in [3.63, 3.8) is 0 Å². The minimum atomic E-state index is -0.439. The highest BCUT2D eigenvalue weighted by molar-refractivity contribution is 6.33. The van der Waals surface area contributed by atoms with E-state index in [4.69, 9.17) is 11.6 Å². The van der Waals surface area contributed by atoms with E-state index < -0.39 is 5.82 Å². The molecule has 1 saturated heterocycles. The van der Waals surface area contributed by atoms with E-state index in [1.165, 1.54) is 18.2 Å². The predicted octanol–water partition coefficient (Wildman–Crippen LogP) is 2.98. The maximum Gasteiger partial charge on any atom is 0.255 e. The van der Waals surface area contributed by atoms with Gasteiger partial charge >= 0.3 is 0 Å². The highest BCUT2D eigenvalue weighted by Crippen LogP contribution is 2.25. The first-order chi connectivity index (χ1) is 10.1. The average Bonchev–Trinajstić information content (AvgIpc) is 3.10. The number of halogens is 2. The summed E-state index contributed by atoms with van der Waals surface area (Å²) >= 11 is 5.99. The van der Waals surface area contributed by atoms with Crippen molar-refractivity contribution in [2.45, 2.75) is 25.4 Å². The van der Waals surface area contributed by atoms with Gasteiger partial charge in [0.1, 0.15) is 5.82 Å². The van der Waals surface area contributed by atoms with Gasteiger partial charge in [-0.1, -0.05) is 11.6 Å². The van der Waals surface area contributed by atoms with Crippen LogP contribution < -0.4 is 0 Å². The van der Waals surface area contributed by atoms with Crippen LogP contribution in [0.15, 0.2) is 36.7 Å². The van der Waals surface area contributed by atoms with Gasteiger partial charge < -0.3 is 4.90 Å². The van der Waals surface area contributed by atoms with Gasteiger partial charge in [0.2, 0.25) is 0 Å². The van der Waals surface area contributed by atoms with Gasteiger partial charge in [0.05, 0.1) is 23.2 Å². The van der Waals surface area contributed by atoms with Gasteiger partial charge in [0.25, 0.3) is 5.91 Å². The Morgan fingerprint density at radius 3 is 3.05 bits per heavy atom. The Morgan fingerprint density at radius 2 is 2.33 bits per heavy atom. The van der Waals surface area contributed by atoms with Crippen molar-refractivity contribution < 1.29 is 9.18 Å². The van der Waals surface area contributed by atoms with Gasteiger partial charge in [-0.25, -0.2) is 4.39 Å². The number of amides is 1. The molecule has 2 aromatic rings. The Balaban J connectivity index is 1.79. The predicted molar refractivity (Wildman–Crippen MR) is 77.7 cm³/mol. The van der Waals surface area contributed by atoms with Gasteiger partial charge in [0.15, 0.2) is 0 Å². The molecule has 4 nitrogen and oxygen atoms in total.